The molecule has 1 N–H and O–H groups in total. The van der Waals surface area contributed by atoms with Crippen LogP contribution in [0.4, 0.5) is 5.69 Å². The van der Waals surface area contributed by atoms with Gasteiger partial charge in [-0.05, 0) is 31.4 Å². The zero-order chi connectivity index (χ0) is 22.2. The Labute approximate surface area is 172 Å². The third-order valence-corrected chi connectivity index (χ3v) is 9.34. The fourth-order valence-electron chi connectivity index (χ4n) is 2.05. The average molecular weight is 494 g/mol. The molecule has 0 atom stereocenters. The minimum absolute atomic E-state index is 0.0607. The van der Waals surface area contributed by atoms with Gasteiger partial charge in [0.1, 0.15) is 0 Å². The van der Waals surface area contributed by atoms with Gasteiger partial charge in [0.15, 0.2) is 0 Å². The van der Waals surface area contributed by atoms with Crippen LogP contribution in [0.25, 0.3) is 0 Å². The highest BCUT2D eigenvalue weighted by atomic mass is 32.3. The van der Waals surface area contributed by atoms with E-state index in [1.54, 1.807) is 13.0 Å². The van der Waals surface area contributed by atoms with Crippen molar-refractivity contribution in [3.63, 3.8) is 0 Å². The molecule has 1 rings (SSSR count). The first-order valence-electron chi connectivity index (χ1n) is 8.44. The van der Waals surface area contributed by atoms with Crippen molar-refractivity contribution in [2.45, 2.75) is 32.6 Å². The van der Waals surface area contributed by atoms with Gasteiger partial charge in [-0.3, -0.25) is 4.72 Å². The smallest absolute Gasteiger partial charge is 0.260 e. The van der Waals surface area contributed by atoms with Gasteiger partial charge >= 0.3 is 10.3 Å². The Kier molecular flexibility index (Phi) is 9.49. The molecule has 0 aliphatic heterocycles. The van der Waals surface area contributed by atoms with Gasteiger partial charge in [-0.1, -0.05) is 31.5 Å². The van der Waals surface area contributed by atoms with Crippen LogP contribution < -0.4 is 4.72 Å². The minimum atomic E-state index is -4.60. The second-order valence-corrected chi connectivity index (χ2v) is 12.7. The standard InChI is InChI=1S/C14H23NO10S4/c1-2-11-26(16,17)24-27(18,19)12-7-4-8-13-28(20,21)25-29(22,23)15-14-9-5-3-6-10-14/h3,5-6,9-10,15H,2,4,7-8,11-13H2,1H3. The molecule has 29 heavy (non-hydrogen) atoms. The van der Waals surface area contributed by atoms with Crippen LogP contribution in [-0.2, 0) is 47.9 Å². The average Bonchev–Trinajstić information content (AvgIpc) is 2.52. The molecule has 0 spiro atoms. The summed E-state index contributed by atoms with van der Waals surface area (Å²) < 4.78 is 103. The predicted octanol–water partition coefficient (Wildman–Crippen LogP) is 0.946. The van der Waals surface area contributed by atoms with E-state index in [0.29, 0.717) is 0 Å². The SMILES string of the molecule is CCCS(=O)(=O)OS(=O)(=O)CCCCCS(=O)(=O)OS(=O)(=O)Nc1ccccc1. The summed E-state index contributed by atoms with van der Waals surface area (Å²) in [5.74, 6) is -1.73. The zero-order valence-electron chi connectivity index (χ0n) is 15.6. The zero-order valence-corrected chi connectivity index (χ0v) is 18.8. The lowest BCUT2D eigenvalue weighted by Gasteiger charge is -2.08. The molecule has 0 amide bonds. The van der Waals surface area contributed by atoms with E-state index in [2.05, 4.69) is 7.26 Å². The van der Waals surface area contributed by atoms with Gasteiger partial charge in [0.2, 0.25) is 0 Å². The highest BCUT2D eigenvalue weighted by Gasteiger charge is 2.24. The van der Waals surface area contributed by atoms with E-state index in [0.717, 1.165) is 0 Å². The van der Waals surface area contributed by atoms with Crippen molar-refractivity contribution < 1.29 is 40.9 Å². The second-order valence-electron chi connectivity index (χ2n) is 5.90. The molecule has 168 valence electrons. The largest absolute Gasteiger partial charge is 0.374 e. The van der Waals surface area contributed by atoms with Crippen molar-refractivity contribution >= 4 is 46.3 Å². The molecule has 11 nitrogen and oxygen atoms in total. The van der Waals surface area contributed by atoms with Crippen LogP contribution in [0.3, 0.4) is 0 Å². The number of nitrogens with one attached hydrogen (secondary N) is 1. The second kappa shape index (κ2) is 10.7. The molecule has 0 heterocycles. The number of para-hydroxylation sites is 1. The summed E-state index contributed by atoms with van der Waals surface area (Å²) in [6.07, 6.45) is 0.0812. The lowest BCUT2D eigenvalue weighted by Crippen LogP contribution is -2.22. The van der Waals surface area contributed by atoms with Gasteiger partial charge in [0.05, 0.1) is 22.9 Å². The number of benzene rings is 1. The van der Waals surface area contributed by atoms with Crippen LogP contribution in [-0.4, -0.2) is 50.9 Å². The van der Waals surface area contributed by atoms with E-state index >= 15 is 0 Å². The molecular weight excluding hydrogens is 470 g/mol. The van der Waals surface area contributed by atoms with Gasteiger partial charge in [-0.25, -0.2) is 0 Å². The van der Waals surface area contributed by atoms with Crippen LogP contribution in [0.1, 0.15) is 32.6 Å². The number of anilines is 1. The first kappa shape index (κ1) is 25.8. The highest BCUT2D eigenvalue weighted by molar-refractivity contribution is 8.00. The van der Waals surface area contributed by atoms with Crippen molar-refractivity contribution in [2.24, 2.45) is 0 Å². The first-order valence-corrected chi connectivity index (χ1v) is 14.6. The molecule has 0 saturated carbocycles. The molecule has 0 bridgehead atoms. The summed E-state index contributed by atoms with van der Waals surface area (Å²) in [6, 6.07) is 7.52. The van der Waals surface area contributed by atoms with Crippen molar-refractivity contribution in [1.82, 2.24) is 0 Å². The van der Waals surface area contributed by atoms with Crippen LogP contribution in [0, 0.1) is 0 Å². The first-order chi connectivity index (χ1) is 13.3. The third kappa shape index (κ3) is 11.5. The Morgan fingerprint density at radius 1 is 0.690 bits per heavy atom. The number of hydrogen-bond donors (Lipinski definition) is 1. The van der Waals surface area contributed by atoms with Gasteiger partial charge < -0.3 is 0 Å². The van der Waals surface area contributed by atoms with Crippen molar-refractivity contribution in [3.05, 3.63) is 30.3 Å². The van der Waals surface area contributed by atoms with Gasteiger partial charge in [-0.15, -0.1) is 7.26 Å². The lowest BCUT2D eigenvalue weighted by molar-refractivity contribution is 0.459. The molecule has 0 fully saturated rings. The van der Waals surface area contributed by atoms with Gasteiger partial charge in [0.25, 0.3) is 30.4 Å². The number of hydrogen-bond acceptors (Lipinski definition) is 10. The maximum absolute atomic E-state index is 11.8. The molecule has 0 saturated heterocycles. The molecule has 1 aromatic carbocycles. The van der Waals surface area contributed by atoms with E-state index in [-0.39, 0.29) is 31.4 Å². The highest BCUT2D eigenvalue weighted by Crippen LogP contribution is 2.13. The summed E-state index contributed by atoms with van der Waals surface area (Å²) in [5, 5.41) is 0. The Balaban J connectivity index is 2.45. The predicted molar refractivity (Wildman–Crippen MR) is 107 cm³/mol. The third-order valence-electron chi connectivity index (χ3n) is 3.16. The Bertz CT molecular complexity index is 1060. The fraction of sp³-hybridized carbons (Fsp3) is 0.571. The Morgan fingerprint density at radius 3 is 1.69 bits per heavy atom. The minimum Gasteiger partial charge on any atom is -0.260 e. The molecule has 0 radical (unpaired) electrons. The fourth-order valence-corrected chi connectivity index (χ4v) is 7.40. The number of rotatable bonds is 14. The van der Waals surface area contributed by atoms with E-state index < -0.39 is 57.9 Å². The van der Waals surface area contributed by atoms with E-state index in [1.165, 1.54) is 24.3 Å². The molecule has 15 heteroatoms. The Hall–Kier alpha value is -1.26. The van der Waals surface area contributed by atoms with Gasteiger partial charge in [-0.2, -0.15) is 33.7 Å². The maximum atomic E-state index is 11.8. The summed E-state index contributed by atoms with van der Waals surface area (Å²) in [4.78, 5) is 0. The van der Waals surface area contributed by atoms with Crippen molar-refractivity contribution in [1.29, 1.82) is 0 Å². The normalized spacial score (nSPS) is 13.3. The maximum Gasteiger partial charge on any atom is 0.374 e. The van der Waals surface area contributed by atoms with Crippen LogP contribution in [0.15, 0.2) is 30.3 Å². The number of unbranched alkanes of at least 4 members (excludes halogenated alkanes) is 2. The van der Waals surface area contributed by atoms with Crippen LogP contribution >= 0.6 is 0 Å². The molecule has 0 aliphatic rings. The summed E-state index contributed by atoms with van der Waals surface area (Å²) in [5.41, 5.74) is 0.117. The monoisotopic (exact) mass is 493 g/mol. The summed E-state index contributed by atoms with van der Waals surface area (Å²) in [6.45, 7) is 1.55. The van der Waals surface area contributed by atoms with Gasteiger partial charge in [0, 0.05) is 0 Å². The van der Waals surface area contributed by atoms with Crippen molar-refractivity contribution in [3.8, 4) is 0 Å². The summed E-state index contributed by atoms with van der Waals surface area (Å²) >= 11 is 0. The quantitative estimate of drug-likeness (QED) is 0.368. The molecule has 1 aromatic rings. The molecule has 0 unspecified atom stereocenters. The van der Waals surface area contributed by atoms with E-state index in [1.807, 2.05) is 4.72 Å². The van der Waals surface area contributed by atoms with Crippen LogP contribution in [0.5, 0.6) is 0 Å². The van der Waals surface area contributed by atoms with Crippen molar-refractivity contribution in [2.75, 3.05) is 22.0 Å². The topological polar surface area (TPSA) is 167 Å². The molecule has 0 aromatic heterocycles. The van der Waals surface area contributed by atoms with E-state index in [9.17, 15) is 33.7 Å². The molecular formula is C14H23NO10S4. The molecule has 0 aliphatic carbocycles. The van der Waals surface area contributed by atoms with E-state index in [4.69, 9.17) is 0 Å². The Morgan fingerprint density at radius 2 is 1.17 bits per heavy atom. The summed E-state index contributed by atoms with van der Waals surface area (Å²) in [7, 11) is -17.5. The van der Waals surface area contributed by atoms with Crippen LogP contribution in [0.2, 0.25) is 0 Å². The lowest BCUT2D eigenvalue weighted by atomic mass is 10.3.